The van der Waals surface area contributed by atoms with Crippen molar-refractivity contribution in [2.45, 2.75) is 43.7 Å². The minimum Gasteiger partial charge on any atom is -0.356 e. The molecular weight excluding hydrogens is 231 g/mol. The van der Waals surface area contributed by atoms with Gasteiger partial charge >= 0.3 is 0 Å². The third-order valence-corrected chi connectivity index (χ3v) is 4.32. The van der Waals surface area contributed by atoms with Gasteiger partial charge in [0.25, 0.3) is 0 Å². The normalized spacial score (nSPS) is 31.1. The predicted molar refractivity (Wildman–Crippen MR) is 65.9 cm³/mol. The Hall–Kier alpha value is -1.42. The van der Waals surface area contributed by atoms with E-state index in [4.69, 9.17) is 4.52 Å². The molecule has 1 aromatic carbocycles. The number of piperidine rings is 1. The first-order chi connectivity index (χ1) is 8.79. The first-order valence-corrected chi connectivity index (χ1v) is 6.60. The number of rotatable bonds is 1. The Morgan fingerprint density at radius 3 is 2.78 bits per heavy atom. The van der Waals surface area contributed by atoms with E-state index in [-0.39, 0.29) is 5.82 Å². The van der Waals surface area contributed by atoms with Crippen LogP contribution in [0, 0.1) is 5.82 Å². The van der Waals surface area contributed by atoms with Gasteiger partial charge < -0.3 is 9.84 Å². The minimum absolute atomic E-state index is 0.268. The van der Waals surface area contributed by atoms with Gasteiger partial charge in [0, 0.05) is 29.5 Å². The van der Waals surface area contributed by atoms with E-state index in [0.717, 1.165) is 23.9 Å². The van der Waals surface area contributed by atoms with E-state index in [1.165, 1.54) is 25.0 Å². The molecule has 3 heterocycles. The molecule has 1 N–H and O–H groups in total. The van der Waals surface area contributed by atoms with Crippen molar-refractivity contribution in [2.75, 3.05) is 0 Å². The summed E-state index contributed by atoms with van der Waals surface area (Å²) in [7, 11) is 0. The predicted octanol–water partition coefficient (Wildman–Crippen LogP) is 2.96. The summed E-state index contributed by atoms with van der Waals surface area (Å²) in [4.78, 5) is 0. The van der Waals surface area contributed by atoms with Gasteiger partial charge in [-0.1, -0.05) is 5.16 Å². The number of benzene rings is 1. The molecule has 0 spiro atoms. The molecule has 94 valence electrons. The number of fused-ring (bicyclic) bond motifs is 3. The van der Waals surface area contributed by atoms with E-state index in [1.54, 1.807) is 6.07 Å². The van der Waals surface area contributed by atoms with Crippen LogP contribution in [0.1, 0.15) is 37.3 Å². The fraction of sp³-hybridized carbons (Fsp3) is 0.500. The average Bonchev–Trinajstić information content (AvgIpc) is 2.92. The fourth-order valence-corrected chi connectivity index (χ4v) is 3.51. The van der Waals surface area contributed by atoms with Crippen LogP contribution in [0.15, 0.2) is 22.7 Å². The smallest absolute Gasteiger partial charge is 0.170 e. The molecule has 2 bridgehead atoms. The summed E-state index contributed by atoms with van der Waals surface area (Å²) in [5.74, 6) is 0.186. The molecule has 2 saturated heterocycles. The third-order valence-electron chi connectivity index (χ3n) is 4.32. The first kappa shape index (κ1) is 10.5. The van der Waals surface area contributed by atoms with Crippen molar-refractivity contribution < 1.29 is 8.91 Å². The molecule has 2 aliphatic heterocycles. The van der Waals surface area contributed by atoms with Crippen LogP contribution >= 0.6 is 0 Å². The molecule has 2 aromatic rings. The topological polar surface area (TPSA) is 38.1 Å². The summed E-state index contributed by atoms with van der Waals surface area (Å²) in [6.45, 7) is 0. The van der Waals surface area contributed by atoms with Gasteiger partial charge in [-0.05, 0) is 37.8 Å². The maximum atomic E-state index is 13.1. The second-order valence-electron chi connectivity index (χ2n) is 5.51. The minimum atomic E-state index is -0.268. The zero-order valence-electron chi connectivity index (χ0n) is 10.0. The van der Waals surface area contributed by atoms with Gasteiger partial charge in [0.1, 0.15) is 5.82 Å². The Morgan fingerprint density at radius 1 is 1.22 bits per heavy atom. The monoisotopic (exact) mass is 246 g/mol. The second kappa shape index (κ2) is 3.79. The summed E-state index contributed by atoms with van der Waals surface area (Å²) < 4.78 is 18.4. The molecule has 0 saturated carbocycles. The van der Waals surface area contributed by atoms with Gasteiger partial charge in [-0.2, -0.15) is 0 Å². The molecule has 2 unspecified atom stereocenters. The number of nitrogens with zero attached hydrogens (tertiary/aromatic N) is 1. The highest BCUT2D eigenvalue weighted by Crippen LogP contribution is 2.39. The van der Waals surface area contributed by atoms with Crippen molar-refractivity contribution >= 4 is 11.0 Å². The second-order valence-corrected chi connectivity index (χ2v) is 5.51. The highest BCUT2D eigenvalue weighted by Gasteiger charge is 2.36. The Bertz CT molecular complexity index is 582. The van der Waals surface area contributed by atoms with Crippen molar-refractivity contribution in [3.8, 4) is 0 Å². The quantitative estimate of drug-likeness (QED) is 0.840. The summed E-state index contributed by atoms with van der Waals surface area (Å²) in [5, 5.41) is 8.78. The Balaban J connectivity index is 1.74. The highest BCUT2D eigenvalue weighted by atomic mass is 19.1. The van der Waals surface area contributed by atoms with E-state index in [1.807, 2.05) is 0 Å². The molecule has 2 aliphatic rings. The molecule has 0 amide bonds. The van der Waals surface area contributed by atoms with Crippen LogP contribution in [0.3, 0.4) is 0 Å². The van der Waals surface area contributed by atoms with Gasteiger partial charge in [0.05, 0.1) is 5.69 Å². The van der Waals surface area contributed by atoms with Crippen LogP contribution in [0.4, 0.5) is 4.39 Å². The summed E-state index contributed by atoms with van der Waals surface area (Å²) in [6.07, 6.45) is 4.78. The van der Waals surface area contributed by atoms with Gasteiger partial charge in [-0.15, -0.1) is 0 Å². The Labute approximate surface area is 104 Å². The van der Waals surface area contributed by atoms with Crippen molar-refractivity contribution in [3.63, 3.8) is 0 Å². The van der Waals surface area contributed by atoms with Crippen LogP contribution in [-0.2, 0) is 0 Å². The molecule has 2 atom stereocenters. The number of halogens is 1. The molecule has 18 heavy (non-hydrogen) atoms. The highest BCUT2D eigenvalue weighted by molar-refractivity contribution is 5.79. The number of aromatic nitrogens is 1. The van der Waals surface area contributed by atoms with Gasteiger partial charge in [0.2, 0.25) is 0 Å². The molecule has 4 rings (SSSR count). The molecule has 2 fully saturated rings. The van der Waals surface area contributed by atoms with Crippen LogP contribution in [0.2, 0.25) is 0 Å². The lowest BCUT2D eigenvalue weighted by Gasteiger charge is -2.27. The Kier molecular flexibility index (Phi) is 2.21. The molecule has 1 aromatic heterocycles. The lowest BCUT2D eigenvalue weighted by atomic mass is 9.88. The molecule has 3 nitrogen and oxygen atoms in total. The standard InChI is InChI=1S/C14H15FN2O/c15-9-1-4-12-13(7-9)18-17-14(12)8-5-10-2-3-11(6-8)16-10/h1,4,7-8,10-11,16H,2-3,5-6H2. The van der Waals surface area contributed by atoms with Crippen molar-refractivity contribution in [3.05, 3.63) is 29.7 Å². The van der Waals surface area contributed by atoms with E-state index >= 15 is 0 Å². The van der Waals surface area contributed by atoms with Gasteiger partial charge in [-0.3, -0.25) is 0 Å². The van der Waals surface area contributed by atoms with Crippen molar-refractivity contribution in [1.29, 1.82) is 0 Å². The lowest BCUT2D eigenvalue weighted by Crippen LogP contribution is -2.37. The largest absolute Gasteiger partial charge is 0.356 e. The Morgan fingerprint density at radius 2 is 2.00 bits per heavy atom. The third kappa shape index (κ3) is 1.56. The summed E-state index contributed by atoms with van der Waals surface area (Å²) in [5.41, 5.74) is 1.58. The van der Waals surface area contributed by atoms with Gasteiger partial charge in [0.15, 0.2) is 5.58 Å². The van der Waals surface area contributed by atoms with Crippen molar-refractivity contribution in [2.24, 2.45) is 0 Å². The van der Waals surface area contributed by atoms with Crippen molar-refractivity contribution in [1.82, 2.24) is 10.5 Å². The van der Waals surface area contributed by atoms with E-state index in [0.29, 0.717) is 23.6 Å². The molecule has 4 heteroatoms. The number of hydrogen-bond donors (Lipinski definition) is 1. The zero-order valence-corrected chi connectivity index (χ0v) is 10.0. The fourth-order valence-electron chi connectivity index (χ4n) is 3.51. The van der Waals surface area contributed by atoms with Gasteiger partial charge in [-0.25, -0.2) is 4.39 Å². The van der Waals surface area contributed by atoms with Crippen LogP contribution < -0.4 is 5.32 Å². The average molecular weight is 246 g/mol. The lowest BCUT2D eigenvalue weighted by molar-refractivity contribution is 0.345. The van der Waals surface area contributed by atoms with E-state index in [2.05, 4.69) is 10.5 Å². The van der Waals surface area contributed by atoms with Crippen LogP contribution in [0.5, 0.6) is 0 Å². The van der Waals surface area contributed by atoms with Crippen LogP contribution in [0.25, 0.3) is 11.0 Å². The maximum absolute atomic E-state index is 13.1. The molecular formula is C14H15FN2O. The zero-order chi connectivity index (χ0) is 12.1. The number of hydrogen-bond acceptors (Lipinski definition) is 3. The number of nitrogens with one attached hydrogen (secondary N) is 1. The van der Waals surface area contributed by atoms with E-state index in [9.17, 15) is 4.39 Å². The molecule has 0 aliphatic carbocycles. The first-order valence-electron chi connectivity index (χ1n) is 6.60. The molecule has 0 radical (unpaired) electrons. The summed E-state index contributed by atoms with van der Waals surface area (Å²) in [6, 6.07) is 5.95. The SMILES string of the molecule is Fc1ccc2c(C3CC4CCC(C3)N4)noc2c1. The summed E-state index contributed by atoms with van der Waals surface area (Å²) >= 11 is 0. The maximum Gasteiger partial charge on any atom is 0.170 e. The van der Waals surface area contributed by atoms with Crippen LogP contribution in [-0.4, -0.2) is 17.2 Å². The van der Waals surface area contributed by atoms with E-state index < -0.39 is 0 Å².